The van der Waals surface area contributed by atoms with Gasteiger partial charge >= 0.3 is 18.3 Å². The van der Waals surface area contributed by atoms with E-state index in [1.807, 2.05) is 6.92 Å². The predicted octanol–water partition coefficient (Wildman–Crippen LogP) is 6.62. The molecule has 2 heterocycles. The Kier molecular flexibility index (Phi) is 11.7. The number of nitrogens with zero attached hydrogens (tertiary/aromatic N) is 2. The van der Waals surface area contributed by atoms with E-state index >= 15 is 0 Å². The van der Waals surface area contributed by atoms with Crippen LogP contribution in [0.5, 0.6) is 5.75 Å². The van der Waals surface area contributed by atoms with Crippen LogP contribution < -0.4 is 4.74 Å². The van der Waals surface area contributed by atoms with E-state index in [0.29, 0.717) is 68.1 Å². The number of aliphatic hydroxyl groups excluding tert-OH is 1. The number of piperidine rings is 2. The molecule has 1 aromatic carbocycles. The summed E-state index contributed by atoms with van der Waals surface area (Å²) >= 11 is 0. The molecule has 0 bridgehead atoms. The minimum atomic E-state index is -4.16. The summed E-state index contributed by atoms with van der Waals surface area (Å²) in [6.45, 7) is 2.44. The number of benzene rings is 1. The van der Waals surface area contributed by atoms with Crippen molar-refractivity contribution in [1.82, 2.24) is 9.80 Å². The summed E-state index contributed by atoms with van der Waals surface area (Å²) in [6, 6.07) is 1.71. The fourth-order valence-electron chi connectivity index (χ4n) is 7.26. The first-order valence-corrected chi connectivity index (χ1v) is 15.6. The molecule has 2 saturated heterocycles. The predicted molar refractivity (Wildman–Crippen MR) is 149 cm³/mol. The molecule has 4 aliphatic rings. The third-order valence-electron chi connectivity index (χ3n) is 9.76. The molecule has 14 heteroatoms. The van der Waals surface area contributed by atoms with Gasteiger partial charge in [-0.25, -0.2) is 13.6 Å². The van der Waals surface area contributed by atoms with E-state index in [1.165, 1.54) is 9.80 Å². The van der Waals surface area contributed by atoms with Gasteiger partial charge in [-0.15, -0.1) is 0 Å². The summed E-state index contributed by atoms with van der Waals surface area (Å²) in [5.41, 5.74) is -1.01. The van der Waals surface area contributed by atoms with Crippen molar-refractivity contribution in [1.29, 1.82) is 0 Å². The number of aromatic carboxylic acids is 1. The first-order chi connectivity index (χ1) is 21.0. The van der Waals surface area contributed by atoms with Crippen LogP contribution in [0.25, 0.3) is 0 Å². The summed E-state index contributed by atoms with van der Waals surface area (Å²) in [4.78, 5) is 13.7. The van der Waals surface area contributed by atoms with Crippen molar-refractivity contribution in [3.63, 3.8) is 0 Å². The maximum Gasteiger partial charge on any atom is 0.401 e. The Morgan fingerprint density at radius 1 is 0.867 bits per heavy atom. The number of rotatable bonds is 10. The van der Waals surface area contributed by atoms with Crippen LogP contribution in [0.2, 0.25) is 0 Å². The standard InChI is InChI=1S/C19H22F5NO3.C12H20F3NO/c20-15-8-13(9-16(21)17(15)18(26)27)28-6-3-12-7-14(12)11-1-4-25(5-2-11)10-19(22,23)24;1-8(17)10-6-11(10)9-2-4-16(5-3-9)7-12(13,14)15/h8-9,11-12,14H,1-7,10H2,(H,26,27);8-11,17H,2-7H2,1H3/t12-,14-;8?,10-,11-/m11/s1. The number of carbonyl (C=O) groups is 1. The number of halogens is 8. The van der Waals surface area contributed by atoms with Gasteiger partial charge in [-0.1, -0.05) is 0 Å². The third kappa shape index (κ3) is 10.9. The Labute approximate surface area is 257 Å². The quantitative estimate of drug-likeness (QED) is 0.276. The molecule has 5 atom stereocenters. The number of ether oxygens (including phenoxy) is 1. The molecule has 0 radical (unpaired) electrons. The Morgan fingerprint density at radius 3 is 1.73 bits per heavy atom. The average Bonchev–Trinajstić information content (AvgIpc) is 3.83. The number of likely N-dealkylation sites (tertiary alicyclic amines) is 2. The maximum atomic E-state index is 13.6. The van der Waals surface area contributed by atoms with Gasteiger partial charge in [0.05, 0.1) is 25.8 Å². The summed E-state index contributed by atoms with van der Waals surface area (Å²) in [5.74, 6) is -1.32. The molecular weight excluding hydrogens is 616 g/mol. The number of carboxylic acids is 1. The highest BCUT2D eigenvalue weighted by atomic mass is 19.4. The molecule has 0 amide bonds. The summed E-state index contributed by atoms with van der Waals surface area (Å²) < 4.78 is 106. The van der Waals surface area contributed by atoms with Crippen LogP contribution in [0, 0.1) is 47.1 Å². The summed E-state index contributed by atoms with van der Waals surface area (Å²) in [5, 5.41) is 18.2. The zero-order chi connectivity index (χ0) is 33.1. The van der Waals surface area contributed by atoms with Gasteiger partial charge in [0.1, 0.15) is 22.9 Å². The molecule has 1 unspecified atom stereocenters. The second-order valence-corrected chi connectivity index (χ2v) is 13.1. The van der Waals surface area contributed by atoms with Crippen molar-refractivity contribution >= 4 is 5.97 Å². The van der Waals surface area contributed by atoms with Gasteiger partial charge in [0.2, 0.25) is 0 Å². The van der Waals surface area contributed by atoms with Crippen LogP contribution >= 0.6 is 0 Å². The van der Waals surface area contributed by atoms with Gasteiger partial charge in [-0.2, -0.15) is 26.3 Å². The minimum Gasteiger partial charge on any atom is -0.493 e. The van der Waals surface area contributed by atoms with E-state index < -0.39 is 48.6 Å². The van der Waals surface area contributed by atoms with Crippen LogP contribution in [-0.2, 0) is 0 Å². The first kappa shape index (κ1) is 35.7. The monoisotopic (exact) mass is 658 g/mol. The van der Waals surface area contributed by atoms with Crippen molar-refractivity contribution in [3.8, 4) is 5.75 Å². The van der Waals surface area contributed by atoms with E-state index in [1.54, 1.807) is 0 Å². The normalized spacial score (nSPS) is 27.4. The van der Waals surface area contributed by atoms with Crippen molar-refractivity contribution in [2.75, 3.05) is 45.9 Å². The molecule has 2 aliphatic carbocycles. The fraction of sp³-hybridized carbons (Fsp3) is 0.774. The average molecular weight is 659 g/mol. The van der Waals surface area contributed by atoms with E-state index in [-0.39, 0.29) is 18.5 Å². The van der Waals surface area contributed by atoms with Crippen LogP contribution in [0.1, 0.15) is 62.2 Å². The molecular formula is C31H42F8N2O4. The minimum absolute atomic E-state index is 0.0577. The van der Waals surface area contributed by atoms with E-state index in [9.17, 15) is 45.0 Å². The Bertz CT molecular complexity index is 1110. The highest BCUT2D eigenvalue weighted by Gasteiger charge is 2.46. The van der Waals surface area contributed by atoms with Crippen molar-refractivity contribution in [3.05, 3.63) is 29.3 Å². The van der Waals surface area contributed by atoms with E-state index in [2.05, 4.69) is 0 Å². The topological polar surface area (TPSA) is 73.2 Å². The number of carboxylic acid groups (broad SMARTS) is 1. The molecule has 0 aromatic heterocycles. The highest BCUT2D eigenvalue weighted by molar-refractivity contribution is 5.88. The molecule has 256 valence electrons. The maximum absolute atomic E-state index is 13.6. The second-order valence-electron chi connectivity index (χ2n) is 13.1. The lowest BCUT2D eigenvalue weighted by molar-refractivity contribution is -0.149. The molecule has 2 aliphatic heterocycles. The Balaban J connectivity index is 0.000000231. The first-order valence-electron chi connectivity index (χ1n) is 15.6. The van der Waals surface area contributed by atoms with E-state index in [4.69, 9.17) is 9.84 Å². The van der Waals surface area contributed by atoms with Crippen LogP contribution in [0.4, 0.5) is 35.1 Å². The largest absolute Gasteiger partial charge is 0.493 e. The van der Waals surface area contributed by atoms with Gasteiger partial charge in [0, 0.05) is 12.1 Å². The number of hydrogen-bond donors (Lipinski definition) is 2. The van der Waals surface area contributed by atoms with Crippen molar-refractivity contribution in [2.45, 2.75) is 70.3 Å². The lowest BCUT2D eigenvalue weighted by Crippen LogP contribution is -2.40. The van der Waals surface area contributed by atoms with Crippen LogP contribution in [-0.4, -0.2) is 90.3 Å². The number of aliphatic hydroxyl groups is 1. The second kappa shape index (κ2) is 14.7. The zero-order valence-electron chi connectivity index (χ0n) is 25.2. The number of alkyl halides is 6. The van der Waals surface area contributed by atoms with Crippen molar-refractivity contribution in [2.24, 2.45) is 35.5 Å². The summed E-state index contributed by atoms with van der Waals surface area (Å²) in [6.07, 6.45) is -2.53. The van der Waals surface area contributed by atoms with Crippen molar-refractivity contribution < 1.29 is 54.9 Å². The third-order valence-corrected chi connectivity index (χ3v) is 9.76. The lowest BCUT2D eigenvalue weighted by atomic mass is 9.90. The molecule has 4 fully saturated rings. The SMILES string of the molecule is CC(O)[C@H]1C[C@@H]1C1CCN(CC(F)(F)F)CC1.O=C(O)c1c(F)cc(OCC[C@@H]2C[C@@H]2C2CCN(CC(F)(F)F)CC2)cc1F. The van der Waals surface area contributed by atoms with Gasteiger partial charge in [0.25, 0.3) is 0 Å². The molecule has 2 N–H and O–H groups in total. The van der Waals surface area contributed by atoms with E-state index in [0.717, 1.165) is 50.7 Å². The van der Waals surface area contributed by atoms with Crippen LogP contribution in [0.3, 0.4) is 0 Å². The highest BCUT2D eigenvalue weighted by Crippen LogP contribution is 2.50. The molecule has 0 spiro atoms. The van der Waals surface area contributed by atoms with Gasteiger partial charge < -0.3 is 14.9 Å². The van der Waals surface area contributed by atoms with Gasteiger partial charge in [0.15, 0.2) is 0 Å². The van der Waals surface area contributed by atoms with Crippen LogP contribution in [0.15, 0.2) is 12.1 Å². The lowest BCUT2D eigenvalue weighted by Gasteiger charge is -2.32. The smallest absolute Gasteiger partial charge is 0.401 e. The zero-order valence-corrected chi connectivity index (χ0v) is 25.2. The fourth-order valence-corrected chi connectivity index (χ4v) is 7.26. The molecule has 45 heavy (non-hydrogen) atoms. The number of hydrogen-bond acceptors (Lipinski definition) is 5. The van der Waals surface area contributed by atoms with Gasteiger partial charge in [-0.05, 0) is 114 Å². The molecule has 1 aromatic rings. The molecule has 5 rings (SSSR count). The molecule has 6 nitrogen and oxygen atoms in total. The Morgan fingerprint density at radius 2 is 1.33 bits per heavy atom. The summed E-state index contributed by atoms with van der Waals surface area (Å²) in [7, 11) is 0. The Hall–Kier alpha value is -2.19. The molecule has 2 saturated carbocycles. The van der Waals surface area contributed by atoms with Gasteiger partial charge in [-0.3, -0.25) is 9.80 Å².